The highest BCUT2D eigenvalue weighted by molar-refractivity contribution is 5.75. The monoisotopic (exact) mass is 336 g/mol. The lowest BCUT2D eigenvalue weighted by molar-refractivity contribution is 0.170. The lowest BCUT2D eigenvalue weighted by atomic mass is 9.91. The molecule has 0 spiro atoms. The van der Waals surface area contributed by atoms with Gasteiger partial charge in [0.15, 0.2) is 0 Å². The molecule has 0 aromatic heterocycles. The van der Waals surface area contributed by atoms with Crippen molar-refractivity contribution in [2.24, 2.45) is 0 Å². The van der Waals surface area contributed by atoms with Crippen LogP contribution in [0.15, 0.2) is 0 Å². The van der Waals surface area contributed by atoms with Gasteiger partial charge in [0.2, 0.25) is 0 Å². The fraction of sp³-hybridized carbons (Fsp3) is 0.889. The third kappa shape index (κ3) is 4.77. The van der Waals surface area contributed by atoms with Crippen molar-refractivity contribution in [2.45, 2.75) is 76.3 Å². The largest absolute Gasteiger partial charge is 0.335 e. The van der Waals surface area contributed by atoms with Crippen LogP contribution in [0.4, 0.5) is 9.59 Å². The summed E-state index contributed by atoms with van der Waals surface area (Å²) in [5.74, 6) is 0. The fourth-order valence-corrected chi connectivity index (χ4v) is 4.18. The van der Waals surface area contributed by atoms with Gasteiger partial charge in [0.05, 0.1) is 0 Å². The predicted molar refractivity (Wildman–Crippen MR) is 94.0 cm³/mol. The van der Waals surface area contributed by atoms with Gasteiger partial charge in [0.25, 0.3) is 0 Å². The maximum absolute atomic E-state index is 12.4. The first-order valence-electron chi connectivity index (χ1n) is 9.83. The molecule has 6 heteroatoms. The van der Waals surface area contributed by atoms with Gasteiger partial charge in [-0.1, -0.05) is 0 Å². The second kappa shape index (κ2) is 8.58. The highest BCUT2D eigenvalue weighted by Crippen LogP contribution is 2.20. The summed E-state index contributed by atoms with van der Waals surface area (Å²) in [7, 11) is 0. The van der Waals surface area contributed by atoms with E-state index in [4.69, 9.17) is 0 Å². The summed E-state index contributed by atoms with van der Waals surface area (Å²) in [5.41, 5.74) is 0. The molecule has 3 rings (SSSR count). The van der Waals surface area contributed by atoms with E-state index in [1.807, 2.05) is 9.80 Å². The molecule has 2 saturated heterocycles. The molecule has 136 valence electrons. The number of hydrogen-bond acceptors (Lipinski definition) is 2. The highest BCUT2D eigenvalue weighted by Gasteiger charge is 2.27. The van der Waals surface area contributed by atoms with Crippen LogP contribution in [0.2, 0.25) is 0 Å². The van der Waals surface area contributed by atoms with Crippen molar-refractivity contribution in [3.8, 4) is 0 Å². The molecule has 0 aromatic rings. The first-order chi connectivity index (χ1) is 11.7. The van der Waals surface area contributed by atoms with E-state index in [0.29, 0.717) is 0 Å². The molecule has 2 aliphatic heterocycles. The number of likely N-dealkylation sites (tertiary alicyclic amines) is 2. The normalized spacial score (nSPS) is 28.3. The van der Waals surface area contributed by atoms with E-state index in [-0.39, 0.29) is 24.1 Å². The van der Waals surface area contributed by atoms with Gasteiger partial charge in [0, 0.05) is 38.3 Å². The molecule has 0 aromatic carbocycles. The Balaban J connectivity index is 1.43. The molecule has 0 bridgehead atoms. The number of carbonyl (C=O) groups is 2. The second-order valence-electron chi connectivity index (χ2n) is 7.55. The van der Waals surface area contributed by atoms with Crippen LogP contribution in [-0.4, -0.2) is 60.1 Å². The standard InChI is InChI=1S/C18H32N4O2/c23-17(21-10-3-1-4-11-21)19-15-8-7-9-16(14-15)20-18(24)22-12-5-2-6-13-22/h15-16H,1-14H2,(H,19,23)(H,20,24). The molecular weight excluding hydrogens is 304 g/mol. The maximum atomic E-state index is 12.4. The Morgan fingerprint density at radius 2 is 1.04 bits per heavy atom. The van der Waals surface area contributed by atoms with E-state index >= 15 is 0 Å². The Labute approximate surface area is 145 Å². The Hall–Kier alpha value is -1.46. The van der Waals surface area contributed by atoms with Gasteiger partial charge in [-0.2, -0.15) is 0 Å². The molecule has 2 unspecified atom stereocenters. The first kappa shape index (κ1) is 17.4. The summed E-state index contributed by atoms with van der Waals surface area (Å²) in [4.78, 5) is 28.6. The lowest BCUT2D eigenvalue weighted by Crippen LogP contribution is -2.52. The number of rotatable bonds is 2. The van der Waals surface area contributed by atoms with Crippen molar-refractivity contribution in [3.63, 3.8) is 0 Å². The third-order valence-corrected chi connectivity index (χ3v) is 5.62. The van der Waals surface area contributed by atoms with E-state index < -0.39 is 0 Å². The van der Waals surface area contributed by atoms with Crippen molar-refractivity contribution < 1.29 is 9.59 Å². The average Bonchev–Trinajstić information content (AvgIpc) is 2.63. The number of carbonyl (C=O) groups excluding carboxylic acids is 2. The topological polar surface area (TPSA) is 64.7 Å². The molecular formula is C18H32N4O2. The van der Waals surface area contributed by atoms with Gasteiger partial charge in [0.1, 0.15) is 0 Å². The van der Waals surface area contributed by atoms with Gasteiger partial charge in [-0.3, -0.25) is 0 Å². The van der Waals surface area contributed by atoms with E-state index in [2.05, 4.69) is 10.6 Å². The number of piperidine rings is 2. The Morgan fingerprint density at radius 1 is 0.625 bits per heavy atom. The van der Waals surface area contributed by atoms with Crippen LogP contribution in [0.1, 0.15) is 64.2 Å². The van der Waals surface area contributed by atoms with E-state index in [1.165, 1.54) is 12.8 Å². The summed E-state index contributed by atoms with van der Waals surface area (Å²) in [6.45, 7) is 3.53. The van der Waals surface area contributed by atoms with Gasteiger partial charge in [-0.15, -0.1) is 0 Å². The van der Waals surface area contributed by atoms with E-state index in [0.717, 1.165) is 77.5 Å². The fourth-order valence-electron chi connectivity index (χ4n) is 4.18. The number of nitrogens with zero attached hydrogens (tertiary/aromatic N) is 2. The zero-order valence-electron chi connectivity index (χ0n) is 14.8. The third-order valence-electron chi connectivity index (χ3n) is 5.62. The molecule has 1 saturated carbocycles. The van der Waals surface area contributed by atoms with Crippen LogP contribution in [0, 0.1) is 0 Å². The molecule has 24 heavy (non-hydrogen) atoms. The number of amides is 4. The Kier molecular flexibility index (Phi) is 6.21. The summed E-state index contributed by atoms with van der Waals surface area (Å²) in [6.07, 6.45) is 10.9. The molecule has 6 nitrogen and oxygen atoms in total. The minimum Gasteiger partial charge on any atom is -0.335 e. The summed E-state index contributed by atoms with van der Waals surface area (Å²) < 4.78 is 0. The molecule has 3 fully saturated rings. The minimum absolute atomic E-state index is 0.0858. The van der Waals surface area contributed by atoms with Gasteiger partial charge in [-0.25, -0.2) is 9.59 Å². The van der Waals surface area contributed by atoms with Crippen LogP contribution in [0.25, 0.3) is 0 Å². The average molecular weight is 336 g/mol. The number of nitrogens with one attached hydrogen (secondary N) is 2. The Morgan fingerprint density at radius 3 is 1.46 bits per heavy atom. The van der Waals surface area contributed by atoms with Gasteiger partial charge >= 0.3 is 12.1 Å². The van der Waals surface area contributed by atoms with Crippen LogP contribution >= 0.6 is 0 Å². The number of urea groups is 2. The zero-order valence-corrected chi connectivity index (χ0v) is 14.8. The molecule has 2 N–H and O–H groups in total. The molecule has 2 heterocycles. The van der Waals surface area contributed by atoms with Gasteiger partial charge < -0.3 is 20.4 Å². The van der Waals surface area contributed by atoms with Crippen LogP contribution < -0.4 is 10.6 Å². The number of hydrogen-bond donors (Lipinski definition) is 2. The van der Waals surface area contributed by atoms with E-state index in [1.54, 1.807) is 0 Å². The summed E-state index contributed by atoms with van der Waals surface area (Å²) >= 11 is 0. The van der Waals surface area contributed by atoms with Crippen molar-refractivity contribution in [3.05, 3.63) is 0 Å². The minimum atomic E-state index is 0.0858. The van der Waals surface area contributed by atoms with E-state index in [9.17, 15) is 9.59 Å². The molecule has 3 aliphatic rings. The lowest BCUT2D eigenvalue weighted by Gasteiger charge is -2.35. The van der Waals surface area contributed by atoms with Crippen LogP contribution in [0.5, 0.6) is 0 Å². The van der Waals surface area contributed by atoms with Crippen LogP contribution in [0.3, 0.4) is 0 Å². The summed E-state index contributed by atoms with van der Waals surface area (Å²) in [5, 5.41) is 6.39. The molecule has 0 radical (unpaired) electrons. The highest BCUT2D eigenvalue weighted by atomic mass is 16.2. The zero-order chi connectivity index (χ0) is 16.8. The first-order valence-corrected chi connectivity index (χ1v) is 9.83. The second-order valence-corrected chi connectivity index (χ2v) is 7.55. The van der Waals surface area contributed by atoms with Crippen molar-refractivity contribution in [1.29, 1.82) is 0 Å². The molecule has 2 atom stereocenters. The predicted octanol–water partition coefficient (Wildman–Crippen LogP) is 2.69. The van der Waals surface area contributed by atoms with Crippen molar-refractivity contribution in [2.75, 3.05) is 26.2 Å². The SMILES string of the molecule is O=C(NC1CCCC(NC(=O)N2CCCCC2)C1)N1CCCCC1. The molecule has 4 amide bonds. The smallest absolute Gasteiger partial charge is 0.317 e. The van der Waals surface area contributed by atoms with Crippen LogP contribution in [-0.2, 0) is 0 Å². The Bertz CT molecular complexity index is 393. The summed E-state index contributed by atoms with van der Waals surface area (Å²) in [6, 6.07) is 0.560. The molecule has 1 aliphatic carbocycles. The van der Waals surface area contributed by atoms with Gasteiger partial charge in [-0.05, 0) is 64.2 Å². The quantitative estimate of drug-likeness (QED) is 0.814. The maximum Gasteiger partial charge on any atom is 0.317 e. The van der Waals surface area contributed by atoms with Crippen molar-refractivity contribution in [1.82, 2.24) is 20.4 Å². The van der Waals surface area contributed by atoms with Crippen molar-refractivity contribution >= 4 is 12.1 Å².